The first-order valence-corrected chi connectivity index (χ1v) is 18.0. The van der Waals surface area contributed by atoms with Gasteiger partial charge in [0.15, 0.2) is 0 Å². The number of hydrogen-bond donors (Lipinski definition) is 1. The summed E-state index contributed by atoms with van der Waals surface area (Å²) in [6.45, 7) is 3.17. The zero-order valence-corrected chi connectivity index (χ0v) is 28.9. The Morgan fingerprint density at radius 1 is 0.830 bits per heavy atom. The molecular formula is C37H39Cl2N3O4S. The number of carbonyl (C=O) groups is 2. The highest BCUT2D eigenvalue weighted by Gasteiger charge is 2.36. The predicted molar refractivity (Wildman–Crippen MR) is 188 cm³/mol. The molecule has 1 atom stereocenters. The van der Waals surface area contributed by atoms with Gasteiger partial charge in [0.1, 0.15) is 12.6 Å². The molecule has 4 aromatic carbocycles. The Morgan fingerprint density at radius 2 is 1.49 bits per heavy atom. The van der Waals surface area contributed by atoms with E-state index in [0.29, 0.717) is 26.9 Å². The standard InChI is InChI=1S/C37H39Cl2N3O4S/c1-26-16-19-31(20-17-26)47(45,46)42(34-15-9-6-10-27(34)2)25-36(43)41(24-29-18-21-32(38)33(39)22-29)35(23-28-11-4-3-5-12-28)37(44)40-30-13-7-8-14-30/h3-6,9-12,15-22,30,35H,7-8,13-14,23-25H2,1-2H3,(H,40,44)/t35-/m1/s1. The molecule has 47 heavy (non-hydrogen) atoms. The fraction of sp³-hybridized carbons (Fsp3) is 0.297. The van der Waals surface area contributed by atoms with E-state index in [1.807, 2.05) is 43.3 Å². The molecule has 0 saturated heterocycles. The van der Waals surface area contributed by atoms with E-state index < -0.39 is 28.5 Å². The van der Waals surface area contributed by atoms with Gasteiger partial charge in [-0.25, -0.2) is 8.42 Å². The van der Waals surface area contributed by atoms with Crippen LogP contribution in [-0.2, 0) is 32.6 Å². The Kier molecular flexibility index (Phi) is 11.3. The number of amides is 2. The summed E-state index contributed by atoms with van der Waals surface area (Å²) in [5, 5.41) is 3.86. The number of carbonyl (C=O) groups excluding carboxylic acids is 2. The van der Waals surface area contributed by atoms with E-state index in [2.05, 4.69) is 5.32 Å². The van der Waals surface area contributed by atoms with Crippen LogP contribution in [0.15, 0.2) is 102 Å². The van der Waals surface area contributed by atoms with Crippen LogP contribution < -0.4 is 9.62 Å². The monoisotopic (exact) mass is 691 g/mol. The Labute approximate surface area is 287 Å². The summed E-state index contributed by atoms with van der Waals surface area (Å²) >= 11 is 12.6. The molecule has 0 aliphatic heterocycles. The first-order chi connectivity index (χ1) is 22.5. The lowest BCUT2D eigenvalue weighted by Gasteiger charge is -2.34. The van der Waals surface area contributed by atoms with E-state index in [4.69, 9.17) is 23.2 Å². The van der Waals surface area contributed by atoms with Crippen molar-refractivity contribution < 1.29 is 18.0 Å². The highest BCUT2D eigenvalue weighted by Crippen LogP contribution is 2.29. The number of sulfonamides is 1. The molecule has 4 aromatic rings. The van der Waals surface area contributed by atoms with Crippen LogP contribution in [0.5, 0.6) is 0 Å². The van der Waals surface area contributed by atoms with Crippen molar-refractivity contribution in [1.82, 2.24) is 10.2 Å². The van der Waals surface area contributed by atoms with E-state index in [1.165, 1.54) is 4.90 Å². The molecule has 1 saturated carbocycles. The Hall–Kier alpha value is -3.85. The van der Waals surface area contributed by atoms with Gasteiger partial charge in [0.05, 0.1) is 20.6 Å². The molecule has 0 aromatic heterocycles. The SMILES string of the molecule is Cc1ccc(S(=O)(=O)N(CC(=O)N(Cc2ccc(Cl)c(Cl)c2)[C@H](Cc2ccccc2)C(=O)NC2CCCC2)c2ccccc2C)cc1. The second kappa shape index (κ2) is 15.4. The molecule has 1 aliphatic carbocycles. The van der Waals surface area contributed by atoms with Crippen LogP contribution in [0.2, 0.25) is 10.0 Å². The number of aryl methyl sites for hydroxylation is 2. The quantitative estimate of drug-likeness (QED) is 0.167. The molecule has 246 valence electrons. The topological polar surface area (TPSA) is 86.8 Å². The van der Waals surface area contributed by atoms with Gasteiger partial charge < -0.3 is 10.2 Å². The van der Waals surface area contributed by atoms with Crippen LogP contribution in [0.25, 0.3) is 0 Å². The number of nitrogens with zero attached hydrogens (tertiary/aromatic N) is 2. The van der Waals surface area contributed by atoms with Gasteiger partial charge in [-0.2, -0.15) is 0 Å². The molecule has 1 aliphatic rings. The lowest BCUT2D eigenvalue weighted by molar-refractivity contribution is -0.140. The molecule has 1 N–H and O–H groups in total. The first-order valence-electron chi connectivity index (χ1n) is 15.8. The molecule has 2 amide bonds. The third-order valence-electron chi connectivity index (χ3n) is 8.58. The number of hydrogen-bond acceptors (Lipinski definition) is 4. The average Bonchev–Trinajstić information content (AvgIpc) is 3.57. The Balaban J connectivity index is 1.58. The van der Waals surface area contributed by atoms with Crippen molar-refractivity contribution in [1.29, 1.82) is 0 Å². The number of anilines is 1. The molecule has 0 spiro atoms. The normalized spacial score (nSPS) is 14.0. The summed E-state index contributed by atoms with van der Waals surface area (Å²) < 4.78 is 29.7. The lowest BCUT2D eigenvalue weighted by atomic mass is 10.0. The summed E-state index contributed by atoms with van der Waals surface area (Å²) in [7, 11) is -4.18. The molecule has 10 heteroatoms. The smallest absolute Gasteiger partial charge is 0.264 e. The van der Waals surface area contributed by atoms with Gasteiger partial charge in [-0.05, 0) is 73.7 Å². The average molecular weight is 693 g/mol. The van der Waals surface area contributed by atoms with Crippen LogP contribution in [-0.4, -0.2) is 43.8 Å². The minimum Gasteiger partial charge on any atom is -0.352 e. The van der Waals surface area contributed by atoms with Crippen molar-refractivity contribution in [3.05, 3.63) is 129 Å². The Bertz CT molecular complexity index is 1810. The largest absolute Gasteiger partial charge is 0.352 e. The number of halogens is 2. The fourth-order valence-corrected chi connectivity index (χ4v) is 7.75. The summed E-state index contributed by atoms with van der Waals surface area (Å²) in [4.78, 5) is 30.4. The molecular weight excluding hydrogens is 653 g/mol. The third kappa shape index (κ3) is 8.55. The lowest BCUT2D eigenvalue weighted by Crippen LogP contribution is -2.54. The van der Waals surface area contributed by atoms with E-state index in [0.717, 1.165) is 41.1 Å². The van der Waals surface area contributed by atoms with Gasteiger partial charge in [0.2, 0.25) is 11.8 Å². The van der Waals surface area contributed by atoms with Crippen LogP contribution in [0, 0.1) is 13.8 Å². The van der Waals surface area contributed by atoms with Gasteiger partial charge >= 0.3 is 0 Å². The Morgan fingerprint density at radius 3 is 2.15 bits per heavy atom. The van der Waals surface area contributed by atoms with Gasteiger partial charge in [0.25, 0.3) is 10.0 Å². The van der Waals surface area contributed by atoms with Crippen molar-refractivity contribution in [3.8, 4) is 0 Å². The molecule has 7 nitrogen and oxygen atoms in total. The summed E-state index contributed by atoms with van der Waals surface area (Å²) in [5.41, 5.74) is 3.50. The van der Waals surface area contributed by atoms with Gasteiger partial charge in [-0.3, -0.25) is 13.9 Å². The van der Waals surface area contributed by atoms with Crippen molar-refractivity contribution in [2.24, 2.45) is 0 Å². The van der Waals surface area contributed by atoms with Gasteiger partial charge in [-0.1, -0.05) is 108 Å². The summed E-state index contributed by atoms with van der Waals surface area (Å²) in [6, 6.07) is 27.3. The van der Waals surface area contributed by atoms with Crippen LogP contribution in [0.4, 0.5) is 5.69 Å². The van der Waals surface area contributed by atoms with Gasteiger partial charge in [-0.15, -0.1) is 0 Å². The minimum absolute atomic E-state index is 0.0114. The van der Waals surface area contributed by atoms with Crippen molar-refractivity contribution in [3.63, 3.8) is 0 Å². The second-order valence-corrected chi connectivity index (χ2v) is 14.8. The van der Waals surface area contributed by atoms with Crippen molar-refractivity contribution >= 4 is 50.7 Å². The zero-order chi connectivity index (χ0) is 33.6. The van der Waals surface area contributed by atoms with Gasteiger partial charge in [0, 0.05) is 19.0 Å². The fourth-order valence-electron chi connectivity index (χ4n) is 5.95. The number of nitrogens with one attached hydrogen (secondary N) is 1. The minimum atomic E-state index is -4.18. The van der Waals surface area contributed by atoms with E-state index in [-0.39, 0.29) is 29.8 Å². The molecule has 5 rings (SSSR count). The molecule has 1 fully saturated rings. The number of benzene rings is 4. The summed E-state index contributed by atoms with van der Waals surface area (Å²) in [5.74, 6) is -0.810. The molecule has 0 radical (unpaired) electrons. The highest BCUT2D eigenvalue weighted by atomic mass is 35.5. The first kappa shape index (κ1) is 34.5. The molecule has 0 heterocycles. The van der Waals surface area contributed by atoms with Crippen molar-refractivity contribution in [2.75, 3.05) is 10.8 Å². The summed E-state index contributed by atoms with van der Waals surface area (Å²) in [6.07, 6.45) is 4.05. The number of para-hydroxylation sites is 1. The van der Waals surface area contributed by atoms with Crippen LogP contribution in [0.3, 0.4) is 0 Å². The van der Waals surface area contributed by atoms with Crippen molar-refractivity contribution in [2.45, 2.75) is 69.5 Å². The van der Waals surface area contributed by atoms with Crippen LogP contribution in [0.1, 0.15) is 47.9 Å². The maximum Gasteiger partial charge on any atom is 0.264 e. The molecule has 0 unspecified atom stereocenters. The second-order valence-electron chi connectivity index (χ2n) is 12.1. The maximum absolute atomic E-state index is 14.7. The van der Waals surface area contributed by atoms with Crippen LogP contribution >= 0.6 is 23.2 Å². The third-order valence-corrected chi connectivity index (χ3v) is 11.1. The number of rotatable bonds is 12. The van der Waals surface area contributed by atoms with E-state index in [9.17, 15) is 18.0 Å². The zero-order valence-electron chi connectivity index (χ0n) is 26.5. The highest BCUT2D eigenvalue weighted by molar-refractivity contribution is 7.92. The maximum atomic E-state index is 14.7. The van der Waals surface area contributed by atoms with E-state index >= 15 is 0 Å². The molecule has 0 bridgehead atoms. The predicted octanol–water partition coefficient (Wildman–Crippen LogP) is 7.50. The van der Waals surface area contributed by atoms with E-state index in [1.54, 1.807) is 67.6 Å².